The Balaban J connectivity index is 3.78. The standard InChI is InChI=1S/C9H18N2O3S/c1-6(2)11(3)8(12)5-15-4-7(10)9(13)14/h6-7H,4-5,10H2,1-3H3,(H,13,14). The zero-order valence-electron chi connectivity index (χ0n) is 9.27. The predicted octanol–water partition coefficient (Wildman–Crippen LogP) is -0.00170. The number of hydrogen-bond donors (Lipinski definition) is 2. The molecule has 0 rings (SSSR count). The molecule has 0 aliphatic heterocycles. The van der Waals surface area contributed by atoms with E-state index in [1.54, 1.807) is 11.9 Å². The number of carboxylic acid groups (broad SMARTS) is 1. The molecule has 0 bridgehead atoms. The van der Waals surface area contributed by atoms with Gasteiger partial charge >= 0.3 is 5.97 Å². The fraction of sp³-hybridized carbons (Fsp3) is 0.778. The van der Waals surface area contributed by atoms with E-state index in [0.29, 0.717) is 0 Å². The lowest BCUT2D eigenvalue weighted by atomic mass is 10.3. The van der Waals surface area contributed by atoms with E-state index in [4.69, 9.17) is 10.8 Å². The van der Waals surface area contributed by atoms with Crippen LogP contribution in [0.25, 0.3) is 0 Å². The van der Waals surface area contributed by atoms with Crippen molar-refractivity contribution in [2.24, 2.45) is 5.73 Å². The SMILES string of the molecule is CC(C)N(C)C(=O)CSCC(N)C(=O)O. The van der Waals surface area contributed by atoms with Crippen molar-refractivity contribution in [2.75, 3.05) is 18.6 Å². The normalized spacial score (nSPS) is 12.6. The molecule has 3 N–H and O–H groups in total. The molecule has 0 fully saturated rings. The molecule has 0 saturated heterocycles. The fourth-order valence-corrected chi connectivity index (χ4v) is 1.63. The van der Waals surface area contributed by atoms with Gasteiger partial charge in [-0.25, -0.2) is 0 Å². The van der Waals surface area contributed by atoms with Crippen molar-refractivity contribution < 1.29 is 14.7 Å². The van der Waals surface area contributed by atoms with Gasteiger partial charge in [-0.3, -0.25) is 9.59 Å². The number of amides is 1. The van der Waals surface area contributed by atoms with Crippen molar-refractivity contribution in [1.29, 1.82) is 0 Å². The number of nitrogens with zero attached hydrogens (tertiary/aromatic N) is 1. The zero-order valence-corrected chi connectivity index (χ0v) is 10.1. The molecule has 15 heavy (non-hydrogen) atoms. The summed E-state index contributed by atoms with van der Waals surface area (Å²) < 4.78 is 0. The van der Waals surface area contributed by atoms with Gasteiger partial charge in [0.1, 0.15) is 6.04 Å². The third-order valence-corrected chi connectivity index (χ3v) is 3.05. The van der Waals surface area contributed by atoms with Crippen molar-refractivity contribution in [2.45, 2.75) is 25.9 Å². The van der Waals surface area contributed by atoms with Crippen molar-refractivity contribution in [3.05, 3.63) is 0 Å². The molecule has 0 spiro atoms. The van der Waals surface area contributed by atoms with E-state index in [0.717, 1.165) is 0 Å². The minimum atomic E-state index is -1.04. The Morgan fingerprint density at radius 2 is 2.00 bits per heavy atom. The molecular formula is C9H18N2O3S. The Bertz CT molecular complexity index is 233. The Kier molecular flexibility index (Phi) is 6.35. The van der Waals surface area contributed by atoms with Crippen molar-refractivity contribution in [3.8, 4) is 0 Å². The van der Waals surface area contributed by atoms with Gasteiger partial charge in [-0.15, -0.1) is 11.8 Å². The lowest BCUT2D eigenvalue weighted by Crippen LogP contribution is -2.36. The number of carboxylic acids is 1. The molecule has 5 nitrogen and oxygen atoms in total. The molecule has 0 aromatic rings. The van der Waals surface area contributed by atoms with Crippen LogP contribution in [0.15, 0.2) is 0 Å². The summed E-state index contributed by atoms with van der Waals surface area (Å²) in [5.41, 5.74) is 5.29. The van der Waals surface area contributed by atoms with Gasteiger partial charge in [-0.05, 0) is 13.8 Å². The topological polar surface area (TPSA) is 83.6 Å². The maximum atomic E-state index is 11.5. The molecule has 1 unspecified atom stereocenters. The second-order valence-electron chi connectivity index (χ2n) is 3.56. The molecule has 0 saturated carbocycles. The van der Waals surface area contributed by atoms with Crippen molar-refractivity contribution in [1.82, 2.24) is 4.90 Å². The van der Waals surface area contributed by atoms with Crippen molar-refractivity contribution >= 4 is 23.6 Å². The molecule has 0 aliphatic carbocycles. The van der Waals surface area contributed by atoms with Crippen LogP contribution in [-0.4, -0.2) is 52.5 Å². The van der Waals surface area contributed by atoms with Gasteiger partial charge in [0.15, 0.2) is 0 Å². The predicted molar refractivity (Wildman–Crippen MR) is 60.8 cm³/mol. The van der Waals surface area contributed by atoms with Crippen LogP contribution < -0.4 is 5.73 Å². The third kappa shape index (κ3) is 5.64. The van der Waals surface area contributed by atoms with Gasteiger partial charge < -0.3 is 15.7 Å². The second-order valence-corrected chi connectivity index (χ2v) is 4.59. The Morgan fingerprint density at radius 1 is 1.47 bits per heavy atom. The molecular weight excluding hydrogens is 216 g/mol. The quantitative estimate of drug-likeness (QED) is 0.676. The number of nitrogens with two attached hydrogens (primary N) is 1. The summed E-state index contributed by atoms with van der Waals surface area (Å²) in [6.45, 7) is 3.84. The number of rotatable bonds is 6. The minimum absolute atomic E-state index is 0.00686. The zero-order chi connectivity index (χ0) is 12.0. The molecule has 0 aromatic heterocycles. The molecule has 6 heteroatoms. The summed E-state index contributed by atoms with van der Waals surface area (Å²) in [5, 5.41) is 8.51. The van der Waals surface area contributed by atoms with E-state index in [9.17, 15) is 9.59 Å². The van der Waals surface area contributed by atoms with Crippen LogP contribution in [0.5, 0.6) is 0 Å². The van der Waals surface area contributed by atoms with E-state index in [-0.39, 0.29) is 23.5 Å². The summed E-state index contributed by atoms with van der Waals surface area (Å²) >= 11 is 1.25. The van der Waals surface area contributed by atoms with Gasteiger partial charge in [0.05, 0.1) is 5.75 Å². The Labute approximate surface area is 94.0 Å². The number of thioether (sulfide) groups is 1. The van der Waals surface area contributed by atoms with Crippen LogP contribution in [0.2, 0.25) is 0 Å². The van der Waals surface area contributed by atoms with Crippen LogP contribution in [-0.2, 0) is 9.59 Å². The highest BCUT2D eigenvalue weighted by molar-refractivity contribution is 8.00. The highest BCUT2D eigenvalue weighted by Crippen LogP contribution is 2.05. The minimum Gasteiger partial charge on any atom is -0.480 e. The van der Waals surface area contributed by atoms with E-state index in [2.05, 4.69) is 0 Å². The van der Waals surface area contributed by atoms with Crippen LogP contribution in [0.3, 0.4) is 0 Å². The molecule has 0 aromatic carbocycles. The molecule has 88 valence electrons. The van der Waals surface area contributed by atoms with Gasteiger partial charge in [0, 0.05) is 18.8 Å². The molecule has 1 atom stereocenters. The van der Waals surface area contributed by atoms with E-state index in [1.807, 2.05) is 13.8 Å². The van der Waals surface area contributed by atoms with Gasteiger partial charge in [0.2, 0.25) is 5.91 Å². The lowest BCUT2D eigenvalue weighted by molar-refractivity contribution is -0.138. The summed E-state index contributed by atoms with van der Waals surface area (Å²) in [6.07, 6.45) is 0. The number of aliphatic carboxylic acids is 1. The highest BCUT2D eigenvalue weighted by atomic mass is 32.2. The third-order valence-electron chi connectivity index (χ3n) is 2.01. The first kappa shape index (κ1) is 14.2. The van der Waals surface area contributed by atoms with Crippen LogP contribution in [0.4, 0.5) is 0 Å². The Hall–Kier alpha value is -0.750. The summed E-state index contributed by atoms with van der Waals surface area (Å²) in [6, 6.07) is -0.738. The average Bonchev–Trinajstić information content (AvgIpc) is 2.15. The van der Waals surface area contributed by atoms with E-state index < -0.39 is 12.0 Å². The first-order chi connectivity index (χ1) is 6.86. The monoisotopic (exact) mass is 234 g/mol. The molecule has 0 radical (unpaired) electrons. The number of carbonyl (C=O) groups excluding carboxylic acids is 1. The first-order valence-electron chi connectivity index (χ1n) is 4.68. The van der Waals surface area contributed by atoms with E-state index in [1.165, 1.54) is 11.8 Å². The summed E-state index contributed by atoms with van der Waals surface area (Å²) in [7, 11) is 1.73. The lowest BCUT2D eigenvalue weighted by Gasteiger charge is -2.21. The van der Waals surface area contributed by atoms with Crippen LogP contribution in [0.1, 0.15) is 13.8 Å². The van der Waals surface area contributed by atoms with Gasteiger partial charge in [-0.2, -0.15) is 0 Å². The average molecular weight is 234 g/mol. The molecule has 0 aliphatic rings. The van der Waals surface area contributed by atoms with Gasteiger partial charge in [0.25, 0.3) is 0 Å². The second kappa shape index (κ2) is 6.68. The number of carbonyl (C=O) groups is 2. The molecule has 1 amide bonds. The number of hydrogen-bond acceptors (Lipinski definition) is 4. The summed E-state index contributed by atoms with van der Waals surface area (Å²) in [5.74, 6) is -0.511. The fourth-order valence-electron chi connectivity index (χ4n) is 0.734. The largest absolute Gasteiger partial charge is 0.480 e. The van der Waals surface area contributed by atoms with Crippen LogP contribution >= 0.6 is 11.8 Å². The van der Waals surface area contributed by atoms with Crippen molar-refractivity contribution in [3.63, 3.8) is 0 Å². The smallest absolute Gasteiger partial charge is 0.321 e. The highest BCUT2D eigenvalue weighted by Gasteiger charge is 2.15. The first-order valence-corrected chi connectivity index (χ1v) is 5.83. The van der Waals surface area contributed by atoms with E-state index >= 15 is 0 Å². The summed E-state index contributed by atoms with van der Waals surface area (Å²) in [4.78, 5) is 23.5. The maximum absolute atomic E-state index is 11.5. The molecule has 0 heterocycles. The van der Waals surface area contributed by atoms with Crippen LogP contribution in [0, 0.1) is 0 Å². The Morgan fingerprint density at radius 3 is 2.40 bits per heavy atom. The maximum Gasteiger partial charge on any atom is 0.321 e. The van der Waals surface area contributed by atoms with Gasteiger partial charge in [-0.1, -0.05) is 0 Å².